The van der Waals surface area contributed by atoms with Gasteiger partial charge in [-0.15, -0.1) is 0 Å². The smallest absolute Gasteiger partial charge is 0.119 e. The molecule has 168 valence electrons. The van der Waals surface area contributed by atoms with Gasteiger partial charge < -0.3 is 0 Å². The van der Waals surface area contributed by atoms with E-state index in [0.29, 0.717) is 24.7 Å². The molecule has 0 fully saturated rings. The topological polar surface area (TPSA) is 0 Å². The molecule has 0 heterocycles. The second-order valence-electron chi connectivity index (χ2n) is 9.19. The summed E-state index contributed by atoms with van der Waals surface area (Å²) >= 11 is 0. The van der Waals surface area contributed by atoms with E-state index in [0.717, 1.165) is 37.7 Å². The number of hydrogen-bond donors (Lipinski definition) is 0. The SMILES string of the molecule is CCCC(=C/C(F)CC)/C=C(/F)CCCC1CC=C(C[C@H](C)C2=CCCC=C2)CC1. The monoisotopic (exact) mass is 416 g/mol. The van der Waals surface area contributed by atoms with Crippen molar-refractivity contribution in [3.63, 3.8) is 0 Å². The second kappa shape index (κ2) is 13.8. The summed E-state index contributed by atoms with van der Waals surface area (Å²) in [5.74, 6) is 1.21. The Morgan fingerprint density at radius 3 is 2.67 bits per heavy atom. The molecule has 0 nitrogen and oxygen atoms in total. The van der Waals surface area contributed by atoms with Crippen LogP contribution in [0.2, 0.25) is 0 Å². The van der Waals surface area contributed by atoms with Gasteiger partial charge in [0.15, 0.2) is 0 Å². The Kier molecular flexibility index (Phi) is 11.4. The van der Waals surface area contributed by atoms with E-state index in [4.69, 9.17) is 0 Å². The molecule has 2 aliphatic rings. The fourth-order valence-electron chi connectivity index (χ4n) is 4.58. The van der Waals surface area contributed by atoms with Crippen LogP contribution in [0.1, 0.15) is 97.8 Å². The van der Waals surface area contributed by atoms with Gasteiger partial charge in [0.1, 0.15) is 12.0 Å². The number of hydrogen-bond acceptors (Lipinski definition) is 0. The third kappa shape index (κ3) is 9.14. The molecule has 2 unspecified atom stereocenters. The molecule has 2 rings (SSSR count). The standard InChI is InChI=1S/C28H42F2/c1-4-10-25(20-27(29)5-2)21-28(30)14-9-11-23-15-17-24(18-16-23)19-22(3)26-12-7-6-8-13-26/h7,12-13,17,20-23,27H,4-6,8-11,14-16,18-19H2,1-3H3/b25-20-,28-21+/t22-,23?,27?/m0/s1. The highest BCUT2D eigenvalue weighted by molar-refractivity contribution is 5.26. The van der Waals surface area contributed by atoms with Crippen LogP contribution in [0.4, 0.5) is 8.78 Å². The fraction of sp³-hybridized carbons (Fsp3) is 0.643. The van der Waals surface area contributed by atoms with E-state index >= 15 is 0 Å². The Hall–Kier alpha value is -1.44. The van der Waals surface area contributed by atoms with Gasteiger partial charge in [-0.25, -0.2) is 8.78 Å². The predicted octanol–water partition coefficient (Wildman–Crippen LogP) is 9.51. The van der Waals surface area contributed by atoms with E-state index in [1.54, 1.807) is 17.7 Å². The quantitative estimate of drug-likeness (QED) is 0.219. The van der Waals surface area contributed by atoms with Crippen molar-refractivity contribution in [1.29, 1.82) is 0 Å². The summed E-state index contributed by atoms with van der Waals surface area (Å²) in [6, 6.07) is 0. The maximum atomic E-state index is 14.3. The lowest BCUT2D eigenvalue weighted by molar-refractivity contribution is 0.388. The lowest BCUT2D eigenvalue weighted by Crippen LogP contribution is -2.09. The first kappa shape index (κ1) is 24.8. The molecular formula is C28H42F2. The number of allylic oxidation sites excluding steroid dienone is 10. The Morgan fingerprint density at radius 2 is 2.03 bits per heavy atom. The van der Waals surface area contributed by atoms with Crippen LogP contribution in [-0.2, 0) is 0 Å². The Labute approximate surface area is 183 Å². The highest BCUT2D eigenvalue weighted by Crippen LogP contribution is 2.33. The first-order chi connectivity index (χ1) is 14.5. The van der Waals surface area contributed by atoms with Crippen molar-refractivity contribution in [3.8, 4) is 0 Å². The Bertz CT molecular complexity index is 662. The van der Waals surface area contributed by atoms with E-state index in [2.05, 4.69) is 31.2 Å². The fourth-order valence-corrected chi connectivity index (χ4v) is 4.58. The van der Waals surface area contributed by atoms with Gasteiger partial charge in [-0.05, 0) is 106 Å². The third-order valence-electron chi connectivity index (χ3n) is 6.47. The zero-order valence-electron chi connectivity index (χ0n) is 19.4. The molecule has 2 heteroatoms. The molecule has 0 aromatic heterocycles. The number of halogens is 2. The highest BCUT2D eigenvalue weighted by atomic mass is 19.1. The first-order valence-electron chi connectivity index (χ1n) is 12.3. The zero-order valence-corrected chi connectivity index (χ0v) is 19.4. The molecule has 0 saturated carbocycles. The zero-order chi connectivity index (χ0) is 21.8. The number of rotatable bonds is 12. The molecule has 0 aliphatic heterocycles. The van der Waals surface area contributed by atoms with Gasteiger partial charge in [0.25, 0.3) is 0 Å². The predicted molar refractivity (Wildman–Crippen MR) is 127 cm³/mol. The molecule has 30 heavy (non-hydrogen) atoms. The summed E-state index contributed by atoms with van der Waals surface area (Å²) in [5.41, 5.74) is 3.92. The van der Waals surface area contributed by atoms with Crippen LogP contribution >= 0.6 is 0 Å². The van der Waals surface area contributed by atoms with Gasteiger partial charge >= 0.3 is 0 Å². The Balaban J connectivity index is 1.73. The van der Waals surface area contributed by atoms with Crippen LogP contribution in [-0.4, -0.2) is 6.17 Å². The summed E-state index contributed by atoms with van der Waals surface area (Å²) in [6.45, 7) is 6.21. The maximum Gasteiger partial charge on any atom is 0.119 e. The minimum atomic E-state index is -0.966. The average Bonchev–Trinajstić information content (AvgIpc) is 2.75. The summed E-state index contributed by atoms with van der Waals surface area (Å²) < 4.78 is 28.0. The minimum absolute atomic E-state index is 0.0901. The van der Waals surface area contributed by atoms with E-state index in [1.807, 2.05) is 13.8 Å². The Morgan fingerprint density at radius 1 is 1.20 bits per heavy atom. The molecule has 0 bridgehead atoms. The molecule has 0 saturated heterocycles. The largest absolute Gasteiger partial charge is 0.243 e. The maximum absolute atomic E-state index is 14.3. The van der Waals surface area contributed by atoms with Gasteiger partial charge in [0.05, 0.1) is 0 Å². The van der Waals surface area contributed by atoms with Crippen LogP contribution < -0.4 is 0 Å². The van der Waals surface area contributed by atoms with Crippen LogP contribution in [0.25, 0.3) is 0 Å². The summed E-state index contributed by atoms with van der Waals surface area (Å²) in [6.07, 6.45) is 23.4. The summed E-state index contributed by atoms with van der Waals surface area (Å²) in [4.78, 5) is 0. The van der Waals surface area contributed by atoms with Crippen LogP contribution in [0.15, 0.2) is 59.0 Å². The van der Waals surface area contributed by atoms with Crippen LogP contribution in [0, 0.1) is 11.8 Å². The molecule has 0 spiro atoms. The normalized spacial score (nSPS) is 22.5. The summed E-state index contributed by atoms with van der Waals surface area (Å²) in [7, 11) is 0. The molecule has 2 aliphatic carbocycles. The first-order valence-corrected chi connectivity index (χ1v) is 12.3. The van der Waals surface area contributed by atoms with Crippen molar-refractivity contribution < 1.29 is 8.78 Å². The second-order valence-corrected chi connectivity index (χ2v) is 9.19. The van der Waals surface area contributed by atoms with Crippen molar-refractivity contribution in [2.24, 2.45) is 11.8 Å². The van der Waals surface area contributed by atoms with Crippen molar-refractivity contribution >= 4 is 0 Å². The van der Waals surface area contributed by atoms with Gasteiger partial charge in [0.2, 0.25) is 0 Å². The number of alkyl halides is 1. The van der Waals surface area contributed by atoms with Crippen molar-refractivity contribution in [2.75, 3.05) is 0 Å². The molecular weight excluding hydrogens is 374 g/mol. The van der Waals surface area contributed by atoms with E-state index in [1.165, 1.54) is 37.7 Å². The van der Waals surface area contributed by atoms with Crippen molar-refractivity contribution in [1.82, 2.24) is 0 Å². The molecule has 0 N–H and O–H groups in total. The lowest BCUT2D eigenvalue weighted by Gasteiger charge is -2.24. The van der Waals surface area contributed by atoms with Crippen LogP contribution in [0.5, 0.6) is 0 Å². The molecule has 0 radical (unpaired) electrons. The van der Waals surface area contributed by atoms with Gasteiger partial charge in [-0.3, -0.25) is 0 Å². The van der Waals surface area contributed by atoms with E-state index < -0.39 is 6.17 Å². The molecule has 0 aromatic rings. The summed E-state index contributed by atoms with van der Waals surface area (Å²) in [5, 5.41) is 0. The molecule has 0 aromatic carbocycles. The lowest BCUT2D eigenvalue weighted by atomic mass is 9.81. The van der Waals surface area contributed by atoms with Gasteiger partial charge in [-0.1, -0.05) is 57.1 Å². The van der Waals surface area contributed by atoms with Crippen LogP contribution in [0.3, 0.4) is 0 Å². The van der Waals surface area contributed by atoms with Crippen molar-refractivity contribution in [2.45, 2.75) is 104 Å². The third-order valence-corrected chi connectivity index (χ3v) is 6.47. The van der Waals surface area contributed by atoms with Gasteiger partial charge in [-0.2, -0.15) is 0 Å². The molecule has 3 atom stereocenters. The van der Waals surface area contributed by atoms with E-state index in [-0.39, 0.29) is 5.83 Å². The average molecular weight is 417 g/mol. The highest BCUT2D eigenvalue weighted by Gasteiger charge is 2.17. The van der Waals surface area contributed by atoms with E-state index in [9.17, 15) is 8.78 Å². The van der Waals surface area contributed by atoms with Crippen molar-refractivity contribution in [3.05, 3.63) is 59.0 Å². The minimum Gasteiger partial charge on any atom is -0.243 e. The van der Waals surface area contributed by atoms with Gasteiger partial charge in [0, 0.05) is 0 Å². The molecule has 0 amide bonds.